The molecule has 2 heterocycles. The highest BCUT2D eigenvalue weighted by molar-refractivity contribution is 7.90. The first kappa shape index (κ1) is 24.5. The quantitative estimate of drug-likeness (QED) is 0.361. The molecule has 0 bridgehead atoms. The van der Waals surface area contributed by atoms with Crippen molar-refractivity contribution in [1.29, 1.82) is 0 Å². The van der Waals surface area contributed by atoms with Crippen molar-refractivity contribution in [3.63, 3.8) is 0 Å². The molecule has 0 saturated carbocycles. The van der Waals surface area contributed by atoms with Crippen LogP contribution in [0.3, 0.4) is 0 Å². The van der Waals surface area contributed by atoms with E-state index in [9.17, 15) is 13.2 Å². The number of benzene rings is 1. The number of alkyl halides is 1. The molecule has 1 aliphatic heterocycles. The summed E-state index contributed by atoms with van der Waals surface area (Å²) < 4.78 is 32.8. The summed E-state index contributed by atoms with van der Waals surface area (Å²) in [5, 5.41) is 3.93. The molecule has 8 nitrogen and oxygen atoms in total. The molecule has 0 unspecified atom stereocenters. The molecule has 1 saturated heterocycles. The van der Waals surface area contributed by atoms with Crippen LogP contribution in [0, 0.1) is 0 Å². The van der Waals surface area contributed by atoms with Crippen molar-refractivity contribution in [2.45, 2.75) is 39.0 Å². The van der Waals surface area contributed by atoms with Crippen molar-refractivity contribution in [2.24, 2.45) is 0 Å². The number of unbranched alkanes of at least 4 members (excludes halogenated alkanes) is 4. The normalized spacial score (nSPS) is 15.1. The van der Waals surface area contributed by atoms with E-state index in [4.69, 9.17) is 16.3 Å². The molecular formula is C22H31ClN4O4S. The van der Waals surface area contributed by atoms with Gasteiger partial charge in [0.05, 0.1) is 18.5 Å². The van der Waals surface area contributed by atoms with Gasteiger partial charge in [-0.25, -0.2) is 8.42 Å². The first-order valence-electron chi connectivity index (χ1n) is 11.1. The van der Waals surface area contributed by atoms with Gasteiger partial charge in [0.15, 0.2) is 0 Å². The van der Waals surface area contributed by atoms with Gasteiger partial charge in [-0.1, -0.05) is 50.8 Å². The lowest BCUT2D eigenvalue weighted by Crippen LogP contribution is -2.49. The number of piperazine rings is 1. The number of ether oxygens (including phenoxy) is 1. The van der Waals surface area contributed by atoms with Gasteiger partial charge in [0.25, 0.3) is 0 Å². The number of hydrogen-bond acceptors (Lipinski definition) is 6. The Morgan fingerprint density at radius 2 is 1.72 bits per heavy atom. The molecule has 0 spiro atoms. The van der Waals surface area contributed by atoms with Crippen molar-refractivity contribution in [1.82, 2.24) is 14.1 Å². The van der Waals surface area contributed by atoms with Crippen molar-refractivity contribution in [3.05, 3.63) is 46.9 Å². The SMILES string of the molecule is CCCCCCCOc1c(N2CCN(S(=O)(=O)CCl)CC2)cnn(-c2ccccc2)c1=O. The van der Waals surface area contributed by atoms with E-state index in [2.05, 4.69) is 12.0 Å². The van der Waals surface area contributed by atoms with Crippen LogP contribution in [0.25, 0.3) is 5.69 Å². The average molecular weight is 483 g/mol. The highest BCUT2D eigenvalue weighted by atomic mass is 35.5. The highest BCUT2D eigenvalue weighted by Crippen LogP contribution is 2.26. The van der Waals surface area contributed by atoms with Gasteiger partial charge in [-0.3, -0.25) is 4.79 Å². The van der Waals surface area contributed by atoms with E-state index in [-0.39, 0.29) is 11.3 Å². The Hall–Kier alpha value is -2.10. The van der Waals surface area contributed by atoms with Crippen LogP contribution < -0.4 is 15.2 Å². The van der Waals surface area contributed by atoms with Gasteiger partial charge in [-0.15, -0.1) is 11.6 Å². The predicted octanol–water partition coefficient (Wildman–Crippen LogP) is 3.23. The second-order valence-corrected chi connectivity index (χ2v) is 10.3. The smallest absolute Gasteiger partial charge is 0.316 e. The highest BCUT2D eigenvalue weighted by Gasteiger charge is 2.28. The summed E-state index contributed by atoms with van der Waals surface area (Å²) in [6.07, 6.45) is 7.06. The summed E-state index contributed by atoms with van der Waals surface area (Å²) in [5.41, 5.74) is 0.937. The molecule has 3 rings (SSSR count). The van der Waals surface area contributed by atoms with Gasteiger partial charge < -0.3 is 9.64 Å². The number of nitrogens with zero attached hydrogens (tertiary/aromatic N) is 4. The van der Waals surface area contributed by atoms with Gasteiger partial charge in [-0.05, 0) is 18.6 Å². The number of sulfonamides is 1. The average Bonchev–Trinajstić information content (AvgIpc) is 2.82. The Balaban J connectivity index is 1.81. The number of aromatic nitrogens is 2. The predicted molar refractivity (Wildman–Crippen MR) is 128 cm³/mol. The van der Waals surface area contributed by atoms with E-state index >= 15 is 0 Å². The molecule has 10 heteroatoms. The second kappa shape index (κ2) is 11.7. The Morgan fingerprint density at radius 1 is 1.03 bits per heavy atom. The maximum Gasteiger partial charge on any atom is 0.316 e. The van der Waals surface area contributed by atoms with Gasteiger partial charge in [-0.2, -0.15) is 14.1 Å². The summed E-state index contributed by atoms with van der Waals surface area (Å²) in [7, 11) is -3.45. The second-order valence-electron chi connectivity index (χ2n) is 7.78. The Morgan fingerprint density at radius 3 is 2.38 bits per heavy atom. The molecule has 1 fully saturated rings. The van der Waals surface area contributed by atoms with Crippen molar-refractivity contribution >= 4 is 27.3 Å². The molecule has 0 aliphatic carbocycles. The van der Waals surface area contributed by atoms with Crippen molar-refractivity contribution in [3.8, 4) is 11.4 Å². The Bertz CT molecular complexity index is 1020. The van der Waals surface area contributed by atoms with Crippen LogP contribution in [0.4, 0.5) is 5.69 Å². The largest absolute Gasteiger partial charge is 0.486 e. The molecular weight excluding hydrogens is 452 g/mol. The number of para-hydroxylation sites is 1. The molecule has 2 aromatic rings. The molecule has 1 aromatic carbocycles. The topological polar surface area (TPSA) is 84.7 Å². The van der Waals surface area contributed by atoms with E-state index in [1.165, 1.54) is 21.8 Å². The van der Waals surface area contributed by atoms with Gasteiger partial charge >= 0.3 is 5.56 Å². The zero-order valence-electron chi connectivity index (χ0n) is 18.5. The van der Waals surface area contributed by atoms with E-state index in [1.807, 2.05) is 35.2 Å². The molecule has 1 aliphatic rings. The van der Waals surface area contributed by atoms with Crippen LogP contribution in [0.1, 0.15) is 39.0 Å². The van der Waals surface area contributed by atoms with Gasteiger partial charge in [0.2, 0.25) is 15.8 Å². The molecule has 0 amide bonds. The minimum Gasteiger partial charge on any atom is -0.486 e. The number of halogens is 1. The zero-order valence-corrected chi connectivity index (χ0v) is 20.0. The van der Waals surface area contributed by atoms with E-state index < -0.39 is 15.2 Å². The van der Waals surface area contributed by atoms with Crippen LogP contribution in [0.5, 0.6) is 5.75 Å². The molecule has 1 aromatic heterocycles. The number of rotatable bonds is 11. The molecule has 0 atom stereocenters. The first-order valence-corrected chi connectivity index (χ1v) is 13.2. The summed E-state index contributed by atoms with van der Waals surface area (Å²) in [5.74, 6) is 0.257. The standard InChI is InChI=1S/C22H31ClN4O4S/c1-2-3-4-5-9-16-31-21-20(25-12-14-26(15-13-25)32(29,30)18-23)17-24-27(22(21)28)19-10-7-6-8-11-19/h6-8,10-11,17H,2-5,9,12-16,18H2,1H3. The van der Waals surface area contributed by atoms with Crippen LogP contribution in [0.2, 0.25) is 0 Å². The lowest BCUT2D eigenvalue weighted by Gasteiger charge is -2.35. The molecule has 176 valence electrons. The lowest BCUT2D eigenvalue weighted by molar-refractivity contribution is 0.297. The van der Waals surface area contributed by atoms with Gasteiger partial charge in [0, 0.05) is 26.2 Å². The Kier molecular flexibility index (Phi) is 8.95. The van der Waals surface area contributed by atoms with E-state index in [0.29, 0.717) is 44.2 Å². The molecule has 32 heavy (non-hydrogen) atoms. The summed E-state index contributed by atoms with van der Waals surface area (Å²) in [6, 6.07) is 9.21. The van der Waals surface area contributed by atoms with Crippen molar-refractivity contribution < 1.29 is 13.2 Å². The molecule has 0 N–H and O–H groups in total. The third-order valence-corrected chi connectivity index (χ3v) is 7.78. The van der Waals surface area contributed by atoms with Crippen LogP contribution in [-0.2, 0) is 10.0 Å². The fraction of sp³-hybridized carbons (Fsp3) is 0.545. The summed E-state index contributed by atoms with van der Waals surface area (Å²) in [6.45, 7) is 4.08. The van der Waals surface area contributed by atoms with Crippen LogP contribution in [-0.4, -0.2) is 60.5 Å². The lowest BCUT2D eigenvalue weighted by atomic mass is 10.2. The zero-order chi connectivity index (χ0) is 23.0. The van der Waals surface area contributed by atoms with Gasteiger partial charge in [0.1, 0.15) is 10.9 Å². The monoisotopic (exact) mass is 482 g/mol. The Labute approximate surface area is 194 Å². The minimum atomic E-state index is -3.45. The van der Waals surface area contributed by atoms with E-state index in [0.717, 1.165) is 19.3 Å². The third kappa shape index (κ3) is 6.02. The summed E-state index contributed by atoms with van der Waals surface area (Å²) >= 11 is 5.59. The van der Waals surface area contributed by atoms with Crippen LogP contribution >= 0.6 is 11.6 Å². The fourth-order valence-corrected chi connectivity index (χ4v) is 4.97. The maximum absolute atomic E-state index is 13.3. The third-order valence-electron chi connectivity index (χ3n) is 5.52. The number of hydrogen-bond donors (Lipinski definition) is 0. The van der Waals surface area contributed by atoms with E-state index in [1.54, 1.807) is 6.20 Å². The van der Waals surface area contributed by atoms with Crippen LogP contribution in [0.15, 0.2) is 41.3 Å². The fourth-order valence-electron chi connectivity index (χ4n) is 3.70. The number of anilines is 1. The first-order chi connectivity index (χ1) is 15.5. The summed E-state index contributed by atoms with van der Waals surface area (Å²) in [4.78, 5) is 15.2. The van der Waals surface area contributed by atoms with Crippen molar-refractivity contribution in [2.75, 3.05) is 42.9 Å². The molecule has 0 radical (unpaired) electrons. The minimum absolute atomic E-state index is 0.257. The maximum atomic E-state index is 13.3.